The van der Waals surface area contributed by atoms with E-state index >= 15 is 0 Å². The number of carbonyl (C=O) groups excluding carboxylic acids is 2. The molecule has 3 aliphatic rings. The van der Waals surface area contributed by atoms with E-state index in [1.165, 1.54) is 45.2 Å². The molecule has 0 aliphatic carbocycles. The highest BCUT2D eigenvalue weighted by atomic mass is 16.5. The van der Waals surface area contributed by atoms with E-state index in [2.05, 4.69) is 4.90 Å². The van der Waals surface area contributed by atoms with Gasteiger partial charge in [0.25, 0.3) is 5.91 Å². The minimum Gasteiger partial charge on any atom is -0.385 e. The fourth-order valence-electron chi connectivity index (χ4n) is 5.50. The predicted octanol–water partition coefficient (Wildman–Crippen LogP) is 2.77. The Hall–Kier alpha value is -1.92. The smallest absolute Gasteiger partial charge is 0.254 e. The molecule has 0 N–H and O–H groups in total. The van der Waals surface area contributed by atoms with Gasteiger partial charge in [-0.3, -0.25) is 9.59 Å². The van der Waals surface area contributed by atoms with E-state index in [-0.39, 0.29) is 18.4 Å². The summed E-state index contributed by atoms with van der Waals surface area (Å²) < 4.78 is 5.23. The molecule has 2 saturated heterocycles. The summed E-state index contributed by atoms with van der Waals surface area (Å²) in [6.45, 7) is 5.27. The quantitative estimate of drug-likeness (QED) is 0.615. The Morgan fingerprint density at radius 1 is 1.17 bits per heavy atom. The van der Waals surface area contributed by atoms with Gasteiger partial charge in [-0.05, 0) is 62.7 Å². The van der Waals surface area contributed by atoms with Crippen LogP contribution in [0.5, 0.6) is 0 Å². The first-order valence-corrected chi connectivity index (χ1v) is 11.6. The van der Waals surface area contributed by atoms with Crippen LogP contribution in [0.1, 0.15) is 54.4 Å². The molecule has 2 atom stereocenters. The fourth-order valence-corrected chi connectivity index (χ4v) is 5.50. The van der Waals surface area contributed by atoms with Crippen molar-refractivity contribution in [2.24, 2.45) is 5.92 Å². The van der Waals surface area contributed by atoms with Gasteiger partial charge in [0.2, 0.25) is 5.91 Å². The van der Waals surface area contributed by atoms with Gasteiger partial charge in [0.05, 0.1) is 0 Å². The first-order valence-electron chi connectivity index (χ1n) is 11.6. The number of piperidine rings is 2. The summed E-state index contributed by atoms with van der Waals surface area (Å²) in [4.78, 5) is 32.4. The molecule has 3 heterocycles. The van der Waals surface area contributed by atoms with Gasteiger partial charge in [-0.25, -0.2) is 0 Å². The molecule has 1 aromatic carbocycles. The number of amides is 2. The second-order valence-electron chi connectivity index (χ2n) is 9.01. The third kappa shape index (κ3) is 4.70. The number of methoxy groups -OCH3 is 1. The van der Waals surface area contributed by atoms with Crippen molar-refractivity contribution in [3.63, 3.8) is 0 Å². The zero-order valence-electron chi connectivity index (χ0n) is 18.2. The van der Waals surface area contributed by atoms with Crippen LogP contribution in [0.25, 0.3) is 0 Å². The molecule has 0 saturated carbocycles. The maximum atomic E-state index is 13.3. The molecule has 0 bridgehead atoms. The number of nitrogens with zero attached hydrogens (tertiary/aromatic N) is 3. The zero-order valence-corrected chi connectivity index (χ0v) is 18.2. The van der Waals surface area contributed by atoms with E-state index in [1.807, 2.05) is 29.2 Å². The minimum atomic E-state index is -0.0214. The number of carbonyl (C=O) groups is 2. The standard InChI is InChI=1S/C24H35N3O3/c1-30-15-7-14-26(17-20-9-6-13-25-12-5-4-11-22(20)25)23(28)18-27-16-19-8-2-3-10-21(19)24(27)29/h2-3,8,10,20,22H,4-7,9,11-18H2,1H3/t20-,22-/m1/s1. The second-order valence-corrected chi connectivity index (χ2v) is 9.01. The first kappa shape index (κ1) is 21.3. The Labute approximate surface area is 180 Å². The average Bonchev–Trinajstić information content (AvgIpc) is 3.08. The summed E-state index contributed by atoms with van der Waals surface area (Å²) in [5.41, 5.74) is 1.76. The molecule has 6 nitrogen and oxygen atoms in total. The van der Waals surface area contributed by atoms with Crippen molar-refractivity contribution in [3.8, 4) is 0 Å². The van der Waals surface area contributed by atoms with Gasteiger partial charge in [-0.2, -0.15) is 0 Å². The lowest BCUT2D eigenvalue weighted by molar-refractivity contribution is -0.133. The molecule has 1 aromatic rings. The molecule has 0 unspecified atom stereocenters. The van der Waals surface area contributed by atoms with Crippen molar-refractivity contribution in [3.05, 3.63) is 35.4 Å². The van der Waals surface area contributed by atoms with Crippen molar-refractivity contribution in [1.82, 2.24) is 14.7 Å². The molecule has 4 rings (SSSR count). The molecule has 2 amide bonds. The fraction of sp³-hybridized carbons (Fsp3) is 0.667. The number of rotatable bonds is 8. The van der Waals surface area contributed by atoms with Crippen molar-refractivity contribution in [2.45, 2.75) is 51.1 Å². The largest absolute Gasteiger partial charge is 0.385 e. The van der Waals surface area contributed by atoms with Crippen LogP contribution < -0.4 is 0 Å². The average molecular weight is 414 g/mol. The van der Waals surface area contributed by atoms with Crippen molar-refractivity contribution in [1.29, 1.82) is 0 Å². The molecule has 164 valence electrons. The number of hydrogen-bond donors (Lipinski definition) is 0. The normalized spacial score (nSPS) is 23.9. The van der Waals surface area contributed by atoms with Gasteiger partial charge >= 0.3 is 0 Å². The van der Waals surface area contributed by atoms with Crippen LogP contribution in [0, 0.1) is 5.92 Å². The molecule has 0 spiro atoms. The summed E-state index contributed by atoms with van der Waals surface area (Å²) in [6, 6.07) is 8.29. The maximum Gasteiger partial charge on any atom is 0.254 e. The first-order chi connectivity index (χ1) is 14.7. The van der Waals surface area contributed by atoms with E-state index in [0.717, 1.165) is 24.1 Å². The van der Waals surface area contributed by atoms with E-state index < -0.39 is 0 Å². The monoisotopic (exact) mass is 413 g/mol. The van der Waals surface area contributed by atoms with Crippen LogP contribution in [0.4, 0.5) is 0 Å². The SMILES string of the molecule is COCCCN(C[C@H]1CCCN2CCCC[C@H]12)C(=O)CN1Cc2ccccc2C1=O. The van der Waals surface area contributed by atoms with E-state index in [0.29, 0.717) is 31.7 Å². The van der Waals surface area contributed by atoms with Crippen LogP contribution >= 0.6 is 0 Å². The lowest BCUT2D eigenvalue weighted by Gasteiger charge is -2.45. The molecule has 2 fully saturated rings. The van der Waals surface area contributed by atoms with Crippen molar-refractivity contribution in [2.75, 3.05) is 46.4 Å². The van der Waals surface area contributed by atoms with Crippen LogP contribution in [-0.2, 0) is 16.1 Å². The third-order valence-corrected chi connectivity index (χ3v) is 7.04. The maximum absolute atomic E-state index is 13.3. The number of hydrogen-bond acceptors (Lipinski definition) is 4. The Bertz CT molecular complexity index is 751. The van der Waals surface area contributed by atoms with Gasteiger partial charge < -0.3 is 19.4 Å². The molecular formula is C24H35N3O3. The van der Waals surface area contributed by atoms with Gasteiger partial charge in [0.1, 0.15) is 6.54 Å². The summed E-state index contributed by atoms with van der Waals surface area (Å²) in [5, 5.41) is 0. The summed E-state index contributed by atoms with van der Waals surface area (Å²) >= 11 is 0. The molecule has 30 heavy (non-hydrogen) atoms. The Morgan fingerprint density at radius 2 is 2.00 bits per heavy atom. The van der Waals surface area contributed by atoms with Crippen LogP contribution in [-0.4, -0.2) is 79.0 Å². The van der Waals surface area contributed by atoms with Gasteiger partial charge in [-0.15, -0.1) is 0 Å². The molecular weight excluding hydrogens is 378 g/mol. The van der Waals surface area contributed by atoms with Crippen molar-refractivity contribution < 1.29 is 14.3 Å². The van der Waals surface area contributed by atoms with Gasteiger partial charge in [-0.1, -0.05) is 24.6 Å². The number of fused-ring (bicyclic) bond motifs is 2. The molecule has 0 aromatic heterocycles. The number of ether oxygens (including phenoxy) is 1. The summed E-state index contributed by atoms with van der Waals surface area (Å²) in [7, 11) is 1.70. The van der Waals surface area contributed by atoms with Crippen molar-refractivity contribution >= 4 is 11.8 Å². The lowest BCUT2D eigenvalue weighted by Crippen LogP contribution is -2.52. The summed E-state index contributed by atoms with van der Waals surface area (Å²) in [6.07, 6.45) is 7.11. The highest BCUT2D eigenvalue weighted by Crippen LogP contribution is 2.31. The predicted molar refractivity (Wildman–Crippen MR) is 116 cm³/mol. The topological polar surface area (TPSA) is 53.1 Å². The van der Waals surface area contributed by atoms with Crippen LogP contribution in [0.3, 0.4) is 0 Å². The van der Waals surface area contributed by atoms with Crippen LogP contribution in [0.15, 0.2) is 24.3 Å². The Morgan fingerprint density at radius 3 is 2.83 bits per heavy atom. The van der Waals surface area contributed by atoms with Crippen LogP contribution in [0.2, 0.25) is 0 Å². The molecule has 6 heteroatoms. The Balaban J connectivity index is 1.41. The number of benzene rings is 1. The van der Waals surface area contributed by atoms with E-state index in [4.69, 9.17) is 4.74 Å². The molecule has 3 aliphatic heterocycles. The van der Waals surface area contributed by atoms with E-state index in [1.54, 1.807) is 12.0 Å². The lowest BCUT2D eigenvalue weighted by atomic mass is 9.83. The second kappa shape index (κ2) is 9.92. The zero-order chi connectivity index (χ0) is 20.9. The highest BCUT2D eigenvalue weighted by molar-refractivity contribution is 6.00. The van der Waals surface area contributed by atoms with Gasteiger partial charge in [0, 0.05) is 45.0 Å². The van der Waals surface area contributed by atoms with E-state index in [9.17, 15) is 9.59 Å². The highest BCUT2D eigenvalue weighted by Gasteiger charge is 2.35. The van der Waals surface area contributed by atoms with Gasteiger partial charge in [0.15, 0.2) is 0 Å². The summed E-state index contributed by atoms with van der Waals surface area (Å²) in [5.74, 6) is 0.587. The third-order valence-electron chi connectivity index (χ3n) is 7.04. The molecule has 0 radical (unpaired) electrons. The Kier molecular flexibility index (Phi) is 7.05. The minimum absolute atomic E-state index is 0.0214.